The Balaban J connectivity index is 0.000000487. The van der Waals surface area contributed by atoms with E-state index in [0.29, 0.717) is 0 Å². The fraction of sp³-hybridized carbons (Fsp3) is 0.550. The highest BCUT2D eigenvalue weighted by Crippen LogP contribution is 2.42. The summed E-state index contributed by atoms with van der Waals surface area (Å²) in [7, 11) is 0. The van der Waals surface area contributed by atoms with Crippen molar-refractivity contribution in [3.63, 3.8) is 0 Å². The second kappa shape index (κ2) is 7.73. The molecule has 2 aliphatic rings. The normalized spacial score (nSPS) is 15.2. The first-order valence-electron chi connectivity index (χ1n) is 9.29. The third-order valence-corrected chi connectivity index (χ3v) is 4.32. The number of pyridine rings is 1. The van der Waals surface area contributed by atoms with Crippen molar-refractivity contribution in [1.82, 2.24) is 15.0 Å². The largest absolute Gasteiger partial charge is 0.329 e. The van der Waals surface area contributed by atoms with Gasteiger partial charge in [0.15, 0.2) is 0 Å². The quantitative estimate of drug-likeness (QED) is 0.647. The van der Waals surface area contributed by atoms with E-state index in [1.165, 1.54) is 24.1 Å². The predicted octanol–water partition coefficient (Wildman–Crippen LogP) is 5.43. The van der Waals surface area contributed by atoms with Crippen LogP contribution in [0.3, 0.4) is 0 Å². The monoisotopic (exact) mass is 326 g/mol. The average molecular weight is 326 g/mol. The van der Waals surface area contributed by atoms with Crippen LogP contribution < -0.4 is 4.90 Å². The number of aromatic nitrogens is 3. The fourth-order valence-corrected chi connectivity index (χ4v) is 3.43. The summed E-state index contributed by atoms with van der Waals surface area (Å²) in [5.41, 5.74) is 5.85. The molecule has 4 heteroatoms. The van der Waals surface area contributed by atoms with Crippen molar-refractivity contribution >= 4 is 22.3 Å². The van der Waals surface area contributed by atoms with E-state index >= 15 is 0 Å². The van der Waals surface area contributed by atoms with Gasteiger partial charge in [0.1, 0.15) is 11.6 Å². The first-order valence-corrected chi connectivity index (χ1v) is 9.29. The fourth-order valence-electron chi connectivity index (χ4n) is 3.43. The van der Waals surface area contributed by atoms with Crippen LogP contribution in [0.2, 0.25) is 0 Å². The van der Waals surface area contributed by atoms with E-state index in [0.717, 1.165) is 46.9 Å². The van der Waals surface area contributed by atoms with Crippen molar-refractivity contribution in [3.05, 3.63) is 29.0 Å². The lowest BCUT2D eigenvalue weighted by atomic mass is 9.95. The minimum absolute atomic E-state index is 0.841. The Labute approximate surface area is 146 Å². The van der Waals surface area contributed by atoms with E-state index in [2.05, 4.69) is 22.9 Å². The van der Waals surface area contributed by atoms with Crippen molar-refractivity contribution in [2.24, 2.45) is 0 Å². The Hall–Kier alpha value is -1.97. The highest BCUT2D eigenvalue weighted by molar-refractivity contribution is 6.02. The molecule has 0 spiro atoms. The van der Waals surface area contributed by atoms with Crippen LogP contribution >= 0.6 is 0 Å². The maximum atomic E-state index is 4.77. The predicted molar refractivity (Wildman–Crippen MR) is 103 cm³/mol. The average Bonchev–Trinajstić information content (AvgIpc) is 2.62. The molecule has 0 N–H and O–H groups in total. The number of nitrogens with zero attached hydrogens (tertiary/aromatic N) is 4. The van der Waals surface area contributed by atoms with E-state index in [-0.39, 0.29) is 0 Å². The molecule has 0 atom stereocenters. The van der Waals surface area contributed by atoms with Gasteiger partial charge in [-0.05, 0) is 51.7 Å². The molecule has 0 saturated carbocycles. The molecular weight excluding hydrogens is 296 g/mol. The third kappa shape index (κ3) is 3.02. The number of anilines is 1. The summed E-state index contributed by atoms with van der Waals surface area (Å²) in [5.74, 6) is 1.91. The summed E-state index contributed by atoms with van der Waals surface area (Å²) in [5, 5.41) is 1.13. The molecule has 130 valence electrons. The summed E-state index contributed by atoms with van der Waals surface area (Å²) in [6, 6.07) is 2.07. The Morgan fingerprint density at radius 1 is 0.917 bits per heavy atom. The molecule has 4 nitrogen and oxygen atoms in total. The molecule has 4 heterocycles. The van der Waals surface area contributed by atoms with Crippen LogP contribution in [0, 0.1) is 13.8 Å². The smallest absolute Gasteiger partial charge is 0.146 e. The molecule has 1 saturated heterocycles. The first kappa shape index (κ1) is 18.4. The molecule has 0 aliphatic carbocycles. The Bertz CT molecular complexity index is 757. The number of aryl methyl sites for hydroxylation is 2. The van der Waals surface area contributed by atoms with E-state index < -0.39 is 0 Å². The van der Waals surface area contributed by atoms with Gasteiger partial charge < -0.3 is 4.90 Å². The topological polar surface area (TPSA) is 41.9 Å². The minimum atomic E-state index is 0.841. The summed E-state index contributed by atoms with van der Waals surface area (Å²) in [4.78, 5) is 16.5. The molecular formula is C20H30N4. The lowest BCUT2D eigenvalue weighted by molar-refractivity contribution is 0.634. The van der Waals surface area contributed by atoms with Crippen LogP contribution in [-0.4, -0.2) is 21.5 Å². The van der Waals surface area contributed by atoms with Gasteiger partial charge in [-0.3, -0.25) is 4.98 Å². The van der Waals surface area contributed by atoms with Crippen LogP contribution in [0.5, 0.6) is 0 Å². The van der Waals surface area contributed by atoms with E-state index in [1.807, 2.05) is 41.5 Å². The Morgan fingerprint density at radius 3 is 2.33 bits per heavy atom. The maximum Gasteiger partial charge on any atom is 0.146 e. The van der Waals surface area contributed by atoms with Crippen LogP contribution in [0.1, 0.15) is 71.1 Å². The zero-order valence-corrected chi connectivity index (χ0v) is 16.2. The number of fused-ring (bicyclic) bond motifs is 2. The number of hydrogen-bond donors (Lipinski definition) is 0. The second-order valence-electron chi connectivity index (χ2n) is 5.78. The van der Waals surface area contributed by atoms with Crippen LogP contribution in [0.4, 0.5) is 5.82 Å². The zero-order chi connectivity index (χ0) is 17.9. The Morgan fingerprint density at radius 2 is 1.62 bits per heavy atom. The van der Waals surface area contributed by atoms with Gasteiger partial charge in [-0.15, -0.1) is 0 Å². The molecule has 0 bridgehead atoms. The number of hydrogen-bond acceptors (Lipinski definition) is 4. The number of piperidine rings is 1. The molecule has 2 aromatic heterocycles. The second-order valence-corrected chi connectivity index (χ2v) is 5.78. The molecule has 2 aliphatic heterocycles. The maximum absolute atomic E-state index is 4.77. The lowest BCUT2D eigenvalue weighted by Gasteiger charge is -2.36. The third-order valence-electron chi connectivity index (χ3n) is 4.32. The lowest BCUT2D eigenvalue weighted by Crippen LogP contribution is -2.32. The molecule has 2 aromatic rings. The van der Waals surface area contributed by atoms with E-state index in [9.17, 15) is 0 Å². The summed E-state index contributed by atoms with van der Waals surface area (Å²) in [6.07, 6.45) is 3.62. The molecule has 1 fully saturated rings. The first-order chi connectivity index (χ1) is 11.6. The summed E-state index contributed by atoms with van der Waals surface area (Å²) >= 11 is 0. The molecule has 0 aromatic carbocycles. The number of allylic oxidation sites excluding steroid dienone is 2. The van der Waals surface area contributed by atoms with Crippen LogP contribution in [0.15, 0.2) is 11.8 Å². The van der Waals surface area contributed by atoms with Crippen molar-refractivity contribution in [2.75, 3.05) is 11.4 Å². The molecule has 24 heavy (non-hydrogen) atoms. The van der Waals surface area contributed by atoms with E-state index in [1.54, 1.807) is 0 Å². The van der Waals surface area contributed by atoms with Crippen LogP contribution in [0.25, 0.3) is 16.5 Å². The highest BCUT2D eigenvalue weighted by atomic mass is 15.2. The van der Waals surface area contributed by atoms with Gasteiger partial charge in [0, 0.05) is 17.9 Å². The summed E-state index contributed by atoms with van der Waals surface area (Å²) in [6.45, 7) is 15.3. The van der Waals surface area contributed by atoms with Gasteiger partial charge in [0.2, 0.25) is 0 Å². The summed E-state index contributed by atoms with van der Waals surface area (Å²) < 4.78 is 0. The minimum Gasteiger partial charge on any atom is -0.329 e. The SMILES string of the molecule is CC.CC.CC1=C2CCCCN2c2nc(C)nc3cc(C)nc1c23. The van der Waals surface area contributed by atoms with Crippen LogP contribution in [-0.2, 0) is 0 Å². The molecule has 4 rings (SSSR count). The zero-order valence-electron chi connectivity index (χ0n) is 16.2. The van der Waals surface area contributed by atoms with Gasteiger partial charge in [-0.2, -0.15) is 0 Å². The standard InChI is InChI=1S/C16H18N4.2C2H6/c1-9-8-12-14-15(17-9)10(2)13-6-4-5-7-20(13)16(14)19-11(3)18-12;2*1-2/h8H,4-7H2,1-3H3;2*1-2H3. The molecule has 0 unspecified atom stereocenters. The van der Waals surface area contributed by atoms with Gasteiger partial charge >= 0.3 is 0 Å². The Kier molecular flexibility index (Phi) is 5.92. The van der Waals surface area contributed by atoms with Crippen molar-refractivity contribution in [3.8, 4) is 0 Å². The highest BCUT2D eigenvalue weighted by Gasteiger charge is 2.29. The van der Waals surface area contributed by atoms with Crippen molar-refractivity contribution in [2.45, 2.75) is 67.7 Å². The van der Waals surface area contributed by atoms with Gasteiger partial charge in [-0.25, -0.2) is 9.97 Å². The number of rotatable bonds is 0. The van der Waals surface area contributed by atoms with Crippen molar-refractivity contribution in [1.29, 1.82) is 0 Å². The van der Waals surface area contributed by atoms with Crippen molar-refractivity contribution < 1.29 is 0 Å². The van der Waals surface area contributed by atoms with Gasteiger partial charge in [-0.1, -0.05) is 27.7 Å². The molecule has 0 radical (unpaired) electrons. The van der Waals surface area contributed by atoms with Gasteiger partial charge in [0.05, 0.1) is 16.6 Å². The van der Waals surface area contributed by atoms with Gasteiger partial charge in [0.25, 0.3) is 0 Å². The molecule has 0 amide bonds. The van der Waals surface area contributed by atoms with E-state index in [4.69, 9.17) is 9.97 Å².